The summed E-state index contributed by atoms with van der Waals surface area (Å²) >= 11 is 11.7. The Bertz CT molecular complexity index is 1030. The summed E-state index contributed by atoms with van der Waals surface area (Å²) in [6, 6.07) is 14.2. The molecule has 1 heterocycles. The first-order valence-electron chi connectivity index (χ1n) is 7.73. The molecule has 2 aromatic carbocycles. The molecule has 7 heteroatoms. The monoisotopic (exact) mass is 388 g/mol. The van der Waals surface area contributed by atoms with Crippen molar-refractivity contribution in [2.45, 2.75) is 13.5 Å². The normalized spacial score (nSPS) is 10.6. The van der Waals surface area contributed by atoms with Gasteiger partial charge in [-0.05, 0) is 24.6 Å². The molecule has 0 radical (unpaired) electrons. The molecule has 26 heavy (non-hydrogen) atoms. The van der Waals surface area contributed by atoms with Crippen LogP contribution >= 0.6 is 23.2 Å². The van der Waals surface area contributed by atoms with Gasteiger partial charge in [0.1, 0.15) is 11.6 Å². The highest BCUT2D eigenvalue weighted by molar-refractivity contribution is 6.41. The number of carbonyl (C=O) groups excluding carboxylic acids is 1. The van der Waals surface area contributed by atoms with Crippen molar-refractivity contribution < 1.29 is 9.53 Å². The standard InChI is InChI=1S/C19H14Cl2N2O3/c1-12-5-4-6-13(9-12)11-26-19(25)14-7-2-3-8-16(14)23-18(24)17(21)15(20)10-22-23/h2-10H,11H2,1H3. The highest BCUT2D eigenvalue weighted by Crippen LogP contribution is 2.19. The molecule has 0 atom stereocenters. The Labute approximate surface area is 159 Å². The maximum atomic E-state index is 12.5. The fraction of sp³-hybridized carbons (Fsp3) is 0.105. The molecule has 1 aromatic heterocycles. The van der Waals surface area contributed by atoms with Gasteiger partial charge in [-0.15, -0.1) is 0 Å². The smallest absolute Gasteiger partial charge is 0.340 e. The minimum atomic E-state index is -0.613. The number of halogens is 2. The zero-order valence-corrected chi connectivity index (χ0v) is 15.3. The maximum Gasteiger partial charge on any atom is 0.340 e. The number of nitrogens with zero attached hydrogens (tertiary/aromatic N) is 2. The summed E-state index contributed by atoms with van der Waals surface area (Å²) in [7, 11) is 0. The van der Waals surface area contributed by atoms with Gasteiger partial charge >= 0.3 is 5.97 Å². The first-order valence-corrected chi connectivity index (χ1v) is 8.48. The number of aryl methyl sites for hydroxylation is 1. The Morgan fingerprint density at radius 1 is 1.15 bits per heavy atom. The second kappa shape index (κ2) is 7.72. The van der Waals surface area contributed by atoms with Crippen LogP contribution < -0.4 is 5.56 Å². The molecule has 0 bridgehead atoms. The van der Waals surface area contributed by atoms with Gasteiger partial charge in [-0.2, -0.15) is 9.78 Å². The molecule has 3 rings (SSSR count). The fourth-order valence-electron chi connectivity index (χ4n) is 2.44. The Morgan fingerprint density at radius 2 is 1.92 bits per heavy atom. The van der Waals surface area contributed by atoms with Gasteiger partial charge in [0.25, 0.3) is 5.56 Å². The summed E-state index contributed by atoms with van der Waals surface area (Å²) in [5, 5.41) is 3.85. The minimum absolute atomic E-state index is 0.0485. The molecule has 0 N–H and O–H groups in total. The number of hydrogen-bond donors (Lipinski definition) is 0. The minimum Gasteiger partial charge on any atom is -0.457 e. The summed E-state index contributed by atoms with van der Waals surface area (Å²) in [5.41, 5.74) is 1.81. The van der Waals surface area contributed by atoms with E-state index in [4.69, 9.17) is 27.9 Å². The van der Waals surface area contributed by atoms with E-state index in [0.717, 1.165) is 15.8 Å². The van der Waals surface area contributed by atoms with Crippen LogP contribution in [0, 0.1) is 6.92 Å². The molecule has 0 fully saturated rings. The highest BCUT2D eigenvalue weighted by Gasteiger charge is 2.17. The lowest BCUT2D eigenvalue weighted by Crippen LogP contribution is -2.23. The van der Waals surface area contributed by atoms with Crippen molar-refractivity contribution >= 4 is 29.2 Å². The van der Waals surface area contributed by atoms with Gasteiger partial charge in [0, 0.05) is 0 Å². The maximum absolute atomic E-state index is 12.5. The molecule has 0 unspecified atom stereocenters. The van der Waals surface area contributed by atoms with E-state index < -0.39 is 11.5 Å². The topological polar surface area (TPSA) is 61.2 Å². The number of para-hydroxylation sites is 1. The summed E-state index contributed by atoms with van der Waals surface area (Å²) in [4.78, 5) is 24.8. The highest BCUT2D eigenvalue weighted by atomic mass is 35.5. The molecule has 0 aliphatic heterocycles. The molecule has 5 nitrogen and oxygen atoms in total. The van der Waals surface area contributed by atoms with Crippen LogP contribution in [0.15, 0.2) is 59.5 Å². The lowest BCUT2D eigenvalue weighted by atomic mass is 10.1. The summed E-state index contributed by atoms with van der Waals surface area (Å²) in [5.74, 6) is -0.568. The molecule has 0 aliphatic carbocycles. The van der Waals surface area contributed by atoms with E-state index in [-0.39, 0.29) is 27.9 Å². The van der Waals surface area contributed by atoms with Gasteiger partial charge in [-0.25, -0.2) is 4.79 Å². The lowest BCUT2D eigenvalue weighted by Gasteiger charge is -2.11. The zero-order valence-electron chi connectivity index (χ0n) is 13.8. The average molecular weight is 389 g/mol. The van der Waals surface area contributed by atoms with Crippen molar-refractivity contribution in [3.8, 4) is 5.69 Å². The number of aromatic nitrogens is 2. The SMILES string of the molecule is Cc1cccc(COC(=O)c2ccccc2-n2ncc(Cl)c(Cl)c2=O)c1. The number of carbonyl (C=O) groups is 1. The zero-order chi connectivity index (χ0) is 18.7. The first kappa shape index (κ1) is 18.2. The largest absolute Gasteiger partial charge is 0.457 e. The molecule has 132 valence electrons. The van der Waals surface area contributed by atoms with Crippen LogP contribution in [0.25, 0.3) is 5.69 Å². The van der Waals surface area contributed by atoms with E-state index in [1.165, 1.54) is 6.20 Å². The van der Waals surface area contributed by atoms with E-state index in [1.807, 2.05) is 31.2 Å². The second-order valence-corrected chi connectivity index (χ2v) is 6.39. The predicted octanol–water partition coefficient (Wildman–Crippen LogP) is 4.20. The molecule has 3 aromatic rings. The van der Waals surface area contributed by atoms with Gasteiger partial charge in [0.2, 0.25) is 0 Å². The Kier molecular flexibility index (Phi) is 5.40. The average Bonchev–Trinajstić information content (AvgIpc) is 2.64. The molecule has 0 spiro atoms. The van der Waals surface area contributed by atoms with Crippen molar-refractivity contribution in [3.63, 3.8) is 0 Å². The summed E-state index contributed by atoms with van der Waals surface area (Å²) < 4.78 is 6.41. The fourth-order valence-corrected chi connectivity index (χ4v) is 2.70. The molecule has 0 amide bonds. The van der Waals surface area contributed by atoms with E-state index in [1.54, 1.807) is 24.3 Å². The van der Waals surface area contributed by atoms with Crippen LogP contribution in [0.4, 0.5) is 0 Å². The van der Waals surface area contributed by atoms with Crippen molar-refractivity contribution in [3.05, 3.63) is 91.8 Å². The van der Waals surface area contributed by atoms with Crippen LogP contribution in [0.5, 0.6) is 0 Å². The molecule has 0 saturated carbocycles. The van der Waals surface area contributed by atoms with E-state index in [9.17, 15) is 9.59 Å². The van der Waals surface area contributed by atoms with E-state index in [0.29, 0.717) is 0 Å². The van der Waals surface area contributed by atoms with Gasteiger partial charge in [0.15, 0.2) is 0 Å². The molecular formula is C19H14Cl2N2O3. The van der Waals surface area contributed by atoms with Crippen LogP contribution in [-0.2, 0) is 11.3 Å². The number of ether oxygens (including phenoxy) is 1. The first-order chi connectivity index (χ1) is 12.5. The Hall–Kier alpha value is -2.63. The molecule has 0 aliphatic rings. The van der Waals surface area contributed by atoms with Crippen molar-refractivity contribution in [1.82, 2.24) is 9.78 Å². The third-order valence-corrected chi connectivity index (χ3v) is 4.43. The summed E-state index contributed by atoms with van der Waals surface area (Å²) in [6.45, 7) is 2.08. The van der Waals surface area contributed by atoms with Gasteiger partial charge in [-0.3, -0.25) is 4.79 Å². The quantitative estimate of drug-likeness (QED) is 0.628. The van der Waals surface area contributed by atoms with Crippen molar-refractivity contribution in [1.29, 1.82) is 0 Å². The lowest BCUT2D eigenvalue weighted by molar-refractivity contribution is 0.0472. The second-order valence-electron chi connectivity index (χ2n) is 5.61. The number of esters is 1. The van der Waals surface area contributed by atoms with Crippen LogP contribution in [-0.4, -0.2) is 15.7 Å². The predicted molar refractivity (Wildman–Crippen MR) is 100 cm³/mol. The van der Waals surface area contributed by atoms with Crippen LogP contribution in [0.1, 0.15) is 21.5 Å². The number of rotatable bonds is 4. The number of hydrogen-bond acceptors (Lipinski definition) is 4. The van der Waals surface area contributed by atoms with E-state index >= 15 is 0 Å². The third kappa shape index (κ3) is 3.79. The molecular weight excluding hydrogens is 375 g/mol. The van der Waals surface area contributed by atoms with Crippen LogP contribution in [0.2, 0.25) is 10.0 Å². The third-order valence-electron chi connectivity index (χ3n) is 3.68. The van der Waals surface area contributed by atoms with Crippen molar-refractivity contribution in [2.75, 3.05) is 0 Å². The van der Waals surface area contributed by atoms with Crippen molar-refractivity contribution in [2.24, 2.45) is 0 Å². The van der Waals surface area contributed by atoms with E-state index in [2.05, 4.69) is 5.10 Å². The van der Waals surface area contributed by atoms with Gasteiger partial charge in [0.05, 0.1) is 22.5 Å². The van der Waals surface area contributed by atoms with Gasteiger partial charge < -0.3 is 4.74 Å². The molecule has 0 saturated heterocycles. The Morgan fingerprint density at radius 3 is 2.69 bits per heavy atom. The summed E-state index contributed by atoms with van der Waals surface area (Å²) in [6.07, 6.45) is 1.25. The van der Waals surface area contributed by atoms with Crippen LogP contribution in [0.3, 0.4) is 0 Å². The van der Waals surface area contributed by atoms with Gasteiger partial charge in [-0.1, -0.05) is 65.2 Å². The Balaban J connectivity index is 1.91. The number of benzene rings is 2.